The molecule has 5 aromatic rings. The molecule has 236 valence electrons. The van der Waals surface area contributed by atoms with Crippen LogP contribution in [0.5, 0.6) is 11.5 Å². The predicted molar refractivity (Wildman–Crippen MR) is 188 cm³/mol. The third kappa shape index (κ3) is 9.58. The van der Waals surface area contributed by atoms with E-state index in [2.05, 4.69) is 103 Å². The first-order valence-corrected chi connectivity index (χ1v) is 15.1. The molecule has 1 aromatic heterocycles. The van der Waals surface area contributed by atoms with E-state index in [-0.39, 0.29) is 29.0 Å². The predicted octanol–water partition coefficient (Wildman–Crippen LogP) is 9.31. The van der Waals surface area contributed by atoms with E-state index < -0.39 is 0 Å². The number of halogens is 1. The lowest BCUT2D eigenvalue weighted by molar-refractivity contribution is 0.403. The second-order valence-corrected chi connectivity index (χ2v) is 11.2. The Labute approximate surface area is 273 Å². The number of benzene rings is 4. The number of allylic oxidation sites excluding steroid dienone is 2. The first kappa shape index (κ1) is 35.2. The standard InChI is InChI=1S/C23H25N.C16H18O4.ClH/c1-19(20-11-5-2-6-12-20)24-18-17-23(21-13-7-3-8-14-21)22-15-9-4-10-16-22;1-9(2)5-6-11-14(19-4)8-13(18)15-12(17)7-10(3)20-16(11)15;/h2-16,19,23-24H,17-18H2,1H3;5,7-8,18H,6H2,1-4H3;1H. The molecule has 1 unspecified atom stereocenters. The van der Waals surface area contributed by atoms with Gasteiger partial charge in [0.15, 0.2) is 5.43 Å². The number of hydrogen-bond donors (Lipinski definition) is 2. The van der Waals surface area contributed by atoms with Gasteiger partial charge in [-0.15, -0.1) is 12.4 Å². The van der Waals surface area contributed by atoms with E-state index in [1.165, 1.54) is 35.9 Å². The molecule has 2 N–H and O–H groups in total. The second-order valence-electron chi connectivity index (χ2n) is 11.2. The summed E-state index contributed by atoms with van der Waals surface area (Å²) in [4.78, 5) is 12.0. The minimum absolute atomic E-state index is 0. The van der Waals surface area contributed by atoms with Crippen molar-refractivity contribution in [2.24, 2.45) is 0 Å². The number of aryl methyl sites for hydroxylation is 1. The van der Waals surface area contributed by atoms with Gasteiger partial charge in [-0.3, -0.25) is 4.79 Å². The molecule has 0 aliphatic rings. The van der Waals surface area contributed by atoms with Gasteiger partial charge < -0.3 is 19.6 Å². The summed E-state index contributed by atoms with van der Waals surface area (Å²) in [5.74, 6) is 1.34. The monoisotopic (exact) mass is 625 g/mol. The van der Waals surface area contributed by atoms with Crippen LogP contribution in [0.25, 0.3) is 11.0 Å². The second kappa shape index (κ2) is 17.2. The smallest absolute Gasteiger partial charge is 0.196 e. The Kier molecular flexibility index (Phi) is 13.5. The van der Waals surface area contributed by atoms with Crippen molar-refractivity contribution in [2.75, 3.05) is 13.7 Å². The van der Waals surface area contributed by atoms with Gasteiger partial charge in [-0.25, -0.2) is 0 Å². The molecule has 0 saturated heterocycles. The van der Waals surface area contributed by atoms with Gasteiger partial charge in [0.25, 0.3) is 0 Å². The number of rotatable bonds is 10. The van der Waals surface area contributed by atoms with Crippen LogP contribution in [0.15, 0.2) is 124 Å². The molecule has 1 atom stereocenters. The van der Waals surface area contributed by atoms with E-state index in [0.717, 1.165) is 24.1 Å². The lowest BCUT2D eigenvalue weighted by Crippen LogP contribution is -2.21. The number of aromatic hydroxyl groups is 1. The zero-order chi connectivity index (χ0) is 31.5. The lowest BCUT2D eigenvalue weighted by Gasteiger charge is -2.20. The van der Waals surface area contributed by atoms with Gasteiger partial charge in [-0.05, 0) is 63.8 Å². The summed E-state index contributed by atoms with van der Waals surface area (Å²) in [5, 5.41) is 13.9. The Morgan fingerprint density at radius 1 is 0.889 bits per heavy atom. The van der Waals surface area contributed by atoms with Gasteiger partial charge in [0.1, 0.15) is 28.2 Å². The van der Waals surface area contributed by atoms with Crippen LogP contribution in [0.2, 0.25) is 0 Å². The van der Waals surface area contributed by atoms with Gasteiger partial charge in [0.05, 0.1) is 7.11 Å². The van der Waals surface area contributed by atoms with Crippen molar-refractivity contribution in [1.29, 1.82) is 0 Å². The highest BCUT2D eigenvalue weighted by atomic mass is 35.5. The molecule has 0 fully saturated rings. The fraction of sp³-hybridized carbons (Fsp3) is 0.256. The number of phenolic OH excluding ortho intramolecular Hbond substituents is 1. The van der Waals surface area contributed by atoms with E-state index in [0.29, 0.717) is 35.5 Å². The average molecular weight is 626 g/mol. The Balaban J connectivity index is 0.000000244. The molecule has 45 heavy (non-hydrogen) atoms. The van der Waals surface area contributed by atoms with Crippen molar-refractivity contribution in [1.82, 2.24) is 5.32 Å². The minimum Gasteiger partial charge on any atom is -0.507 e. The van der Waals surface area contributed by atoms with Crippen LogP contribution in [0.1, 0.15) is 67.2 Å². The Hall–Kier alpha value is -4.32. The fourth-order valence-corrected chi connectivity index (χ4v) is 5.34. The molecular weight excluding hydrogens is 582 g/mol. The van der Waals surface area contributed by atoms with E-state index in [4.69, 9.17) is 9.15 Å². The fourth-order valence-electron chi connectivity index (χ4n) is 5.34. The van der Waals surface area contributed by atoms with Gasteiger partial charge in [0.2, 0.25) is 0 Å². The molecule has 5 rings (SSSR count). The molecule has 6 heteroatoms. The Bertz CT molecular complexity index is 1670. The molecule has 1 heterocycles. The third-order valence-corrected chi connectivity index (χ3v) is 7.69. The molecule has 5 nitrogen and oxygen atoms in total. The molecule has 0 saturated carbocycles. The van der Waals surface area contributed by atoms with E-state index in [1.807, 2.05) is 19.9 Å². The topological polar surface area (TPSA) is 71.7 Å². The summed E-state index contributed by atoms with van der Waals surface area (Å²) in [6.07, 6.45) is 3.69. The van der Waals surface area contributed by atoms with Crippen molar-refractivity contribution < 1.29 is 14.3 Å². The van der Waals surface area contributed by atoms with Crippen molar-refractivity contribution >= 4 is 23.4 Å². The summed E-state index contributed by atoms with van der Waals surface area (Å²) in [7, 11) is 1.53. The van der Waals surface area contributed by atoms with E-state index in [9.17, 15) is 9.90 Å². The zero-order valence-electron chi connectivity index (χ0n) is 26.7. The van der Waals surface area contributed by atoms with Gasteiger partial charge >= 0.3 is 0 Å². The largest absolute Gasteiger partial charge is 0.507 e. The van der Waals surface area contributed by atoms with Crippen LogP contribution >= 0.6 is 12.4 Å². The van der Waals surface area contributed by atoms with Crippen LogP contribution in [-0.4, -0.2) is 18.8 Å². The van der Waals surface area contributed by atoms with Crippen LogP contribution in [0, 0.1) is 6.92 Å². The normalized spacial score (nSPS) is 11.2. The molecule has 0 aliphatic carbocycles. The zero-order valence-corrected chi connectivity index (χ0v) is 27.6. The van der Waals surface area contributed by atoms with Crippen molar-refractivity contribution in [3.8, 4) is 11.5 Å². The molecule has 0 bridgehead atoms. The van der Waals surface area contributed by atoms with E-state index in [1.54, 1.807) is 6.92 Å². The summed E-state index contributed by atoms with van der Waals surface area (Å²) in [6, 6.07) is 35.5. The molecule has 0 amide bonds. The van der Waals surface area contributed by atoms with Gasteiger partial charge in [-0.1, -0.05) is 103 Å². The summed E-state index contributed by atoms with van der Waals surface area (Å²) < 4.78 is 11.0. The first-order valence-electron chi connectivity index (χ1n) is 15.1. The Morgan fingerprint density at radius 3 is 1.93 bits per heavy atom. The van der Waals surface area contributed by atoms with Crippen LogP contribution < -0.4 is 15.5 Å². The quantitative estimate of drug-likeness (QED) is 0.151. The number of methoxy groups -OCH3 is 1. The van der Waals surface area contributed by atoms with E-state index >= 15 is 0 Å². The van der Waals surface area contributed by atoms with Crippen molar-refractivity contribution in [3.63, 3.8) is 0 Å². The maximum atomic E-state index is 12.0. The average Bonchev–Trinajstić information content (AvgIpc) is 3.03. The van der Waals surface area contributed by atoms with Crippen LogP contribution in [0.3, 0.4) is 0 Å². The molecular formula is C39H44ClNO4. The van der Waals surface area contributed by atoms with Crippen LogP contribution in [0.4, 0.5) is 0 Å². The van der Waals surface area contributed by atoms with Crippen molar-refractivity contribution in [3.05, 3.63) is 153 Å². The number of fused-ring (bicyclic) bond motifs is 1. The summed E-state index contributed by atoms with van der Waals surface area (Å²) in [6.45, 7) is 8.93. The minimum atomic E-state index is -0.248. The molecule has 0 spiro atoms. The van der Waals surface area contributed by atoms with Gasteiger partial charge in [0, 0.05) is 29.7 Å². The lowest BCUT2D eigenvalue weighted by atomic mass is 9.88. The number of ether oxygens (including phenoxy) is 1. The third-order valence-electron chi connectivity index (χ3n) is 7.69. The SMILES string of the molecule is CC(NCCC(c1ccccc1)c1ccccc1)c1ccccc1.COc1cc(O)c2c(=O)cc(C)oc2c1CC=C(C)C.Cl. The highest BCUT2D eigenvalue weighted by Crippen LogP contribution is 2.34. The summed E-state index contributed by atoms with van der Waals surface area (Å²) >= 11 is 0. The maximum Gasteiger partial charge on any atom is 0.196 e. The Morgan fingerprint density at radius 2 is 1.42 bits per heavy atom. The molecule has 0 aliphatic heterocycles. The number of phenols is 1. The molecule has 0 radical (unpaired) electrons. The number of nitrogens with one attached hydrogen (secondary N) is 1. The molecule has 4 aromatic carbocycles. The highest BCUT2D eigenvalue weighted by Gasteiger charge is 2.17. The van der Waals surface area contributed by atoms with Crippen molar-refractivity contribution in [2.45, 2.75) is 52.5 Å². The van der Waals surface area contributed by atoms with Crippen LogP contribution in [-0.2, 0) is 6.42 Å². The first-order chi connectivity index (χ1) is 21.3. The maximum absolute atomic E-state index is 12.0. The number of hydrogen-bond acceptors (Lipinski definition) is 5. The highest BCUT2D eigenvalue weighted by molar-refractivity contribution is 5.88. The summed E-state index contributed by atoms with van der Waals surface area (Å²) in [5.41, 5.74) is 6.18. The van der Waals surface area contributed by atoms with Gasteiger partial charge in [-0.2, -0.15) is 0 Å².